The van der Waals surface area contributed by atoms with Crippen molar-refractivity contribution in [3.8, 4) is 45.8 Å². The molecular formula is C57H65N15O9. The zero-order chi connectivity index (χ0) is 56.7. The number of nitrogens with one attached hydrogen (secondary N) is 2. The fraction of sp³-hybridized carbons (Fsp3) is 0.368. The topological polar surface area (TPSA) is 284 Å². The molecule has 2 saturated heterocycles. The van der Waals surface area contributed by atoms with Gasteiger partial charge in [-0.05, 0) is 78.4 Å². The summed E-state index contributed by atoms with van der Waals surface area (Å²) >= 11 is 0. The van der Waals surface area contributed by atoms with Gasteiger partial charge in [0.05, 0.1) is 24.7 Å². The van der Waals surface area contributed by atoms with Crippen molar-refractivity contribution in [2.45, 2.75) is 46.1 Å². The molecule has 4 amide bonds. The van der Waals surface area contributed by atoms with Crippen LogP contribution in [0.25, 0.3) is 17.1 Å². The molecule has 6 N–H and O–H groups in total. The number of rotatable bonds is 16. The number of ether oxygens (including phenoxy) is 3. The number of nitrogens with two attached hydrogens (primary N) is 1. The van der Waals surface area contributed by atoms with E-state index < -0.39 is 17.9 Å². The molecule has 10 rings (SSSR count). The monoisotopic (exact) mass is 1100 g/mol. The number of benzene rings is 4. The highest BCUT2D eigenvalue weighted by Gasteiger charge is 2.33. The molecule has 0 radical (unpaired) electrons. The summed E-state index contributed by atoms with van der Waals surface area (Å²) in [6.07, 6.45) is 3.27. The Bertz CT molecular complexity index is 3350. The highest BCUT2D eigenvalue weighted by molar-refractivity contribution is 6.19. The van der Waals surface area contributed by atoms with E-state index in [1.165, 1.54) is 18.5 Å². The van der Waals surface area contributed by atoms with Crippen LogP contribution in [0.3, 0.4) is 0 Å². The molecule has 0 atom stereocenters. The molecule has 6 aromatic rings. The first-order valence-electron chi connectivity index (χ1n) is 27.1. The van der Waals surface area contributed by atoms with Crippen molar-refractivity contribution < 1.29 is 43.6 Å². The minimum absolute atomic E-state index is 0.0191. The second kappa shape index (κ2) is 24.5. The fourth-order valence-corrected chi connectivity index (χ4v) is 10.1. The van der Waals surface area contributed by atoms with Gasteiger partial charge in [0.2, 0.25) is 23.6 Å². The van der Waals surface area contributed by atoms with Gasteiger partial charge in [-0.3, -0.25) is 44.0 Å². The number of aromatic hydroxyl groups is 2. The Balaban J connectivity index is 0.666. The predicted molar refractivity (Wildman–Crippen MR) is 300 cm³/mol. The number of aromatic nitrogens is 5. The van der Waals surface area contributed by atoms with Gasteiger partial charge in [0.1, 0.15) is 35.4 Å². The number of aliphatic imine (C=N–C) groups is 2. The van der Waals surface area contributed by atoms with Crippen molar-refractivity contribution in [3.05, 3.63) is 119 Å². The number of nitrogens with zero attached hydrogens (tertiary/aromatic N) is 12. The first-order valence-corrected chi connectivity index (χ1v) is 27.1. The summed E-state index contributed by atoms with van der Waals surface area (Å²) in [4.78, 5) is 80.4. The van der Waals surface area contributed by atoms with E-state index in [0.29, 0.717) is 143 Å². The summed E-state index contributed by atoms with van der Waals surface area (Å²) in [5, 5.41) is 35.6. The molecule has 4 aliphatic rings. The summed E-state index contributed by atoms with van der Waals surface area (Å²) in [6.45, 7) is 13.6. The minimum Gasteiger partial charge on any atom is -0.508 e. The Labute approximate surface area is 467 Å². The van der Waals surface area contributed by atoms with Gasteiger partial charge in [0.25, 0.3) is 11.8 Å². The van der Waals surface area contributed by atoms with Crippen LogP contribution in [-0.2, 0) is 17.8 Å². The number of phenols is 2. The summed E-state index contributed by atoms with van der Waals surface area (Å²) in [5.74, 6) is 1.57. The number of amidine groups is 1. The SMILES string of the molecule is CCNC(=O)c1nnc(-c2cc(C(C)C)c(O)cc2O)n1-c1ccc(CN2CCN(C(=O)Cc3ccc(OC(=O)N4CCN(CCOc5ccc6c(c5OC)N=C(NC(=O)c5cnc(N)nc5)N5CCCN=C65)CC4)cc3)CC2)cc1. The van der Waals surface area contributed by atoms with Gasteiger partial charge < -0.3 is 45.3 Å². The number of piperazine rings is 2. The number of carbonyl (C=O) groups is 4. The van der Waals surface area contributed by atoms with E-state index in [-0.39, 0.29) is 52.9 Å². The Morgan fingerprint density at radius 3 is 2.19 bits per heavy atom. The van der Waals surface area contributed by atoms with E-state index in [4.69, 9.17) is 29.9 Å². The highest BCUT2D eigenvalue weighted by atomic mass is 16.6. The van der Waals surface area contributed by atoms with Gasteiger partial charge >= 0.3 is 6.09 Å². The van der Waals surface area contributed by atoms with Crippen molar-refractivity contribution in [2.24, 2.45) is 9.98 Å². The van der Waals surface area contributed by atoms with Gasteiger partial charge in [-0.15, -0.1) is 10.2 Å². The lowest BCUT2D eigenvalue weighted by Crippen LogP contribution is -2.51. The molecule has 6 heterocycles. The van der Waals surface area contributed by atoms with Crippen LogP contribution in [0.15, 0.2) is 95.2 Å². The normalized spacial score (nSPS) is 15.5. The summed E-state index contributed by atoms with van der Waals surface area (Å²) in [6, 6.07) is 21.5. The van der Waals surface area contributed by atoms with Gasteiger partial charge in [0, 0.05) is 115 Å². The van der Waals surface area contributed by atoms with Gasteiger partial charge in [-0.25, -0.2) is 19.8 Å². The molecule has 0 bridgehead atoms. The van der Waals surface area contributed by atoms with E-state index in [2.05, 4.69) is 40.6 Å². The molecule has 2 aromatic heterocycles. The van der Waals surface area contributed by atoms with Crippen LogP contribution in [0.2, 0.25) is 0 Å². The maximum atomic E-state index is 13.5. The molecule has 0 aliphatic carbocycles. The standard InChI is InChI=1S/C57H65N15O9/c1-5-59-54(77)52-66-65-51(43-30-42(35(2)3)44(73)31-45(43)74)72(52)39-11-7-37(8-12-39)34-68-21-23-69(24-22-68)47(75)29-36-9-13-40(14-10-36)81-57(78)70-25-19-67(20-26-70)27-28-80-46-16-15-41-48(49(46)79-4)63-56(71-18-6-17-60-50(41)71)64-53(76)38-32-61-55(58)62-33-38/h7-16,30-33,35,73-74H,5-6,17-29,34H2,1-4H3,(H,59,77)(H2,58,61,62)(H,63,64,76). The lowest BCUT2D eigenvalue weighted by Gasteiger charge is -2.35. The zero-order valence-corrected chi connectivity index (χ0v) is 45.7. The maximum absolute atomic E-state index is 13.5. The predicted octanol–water partition coefficient (Wildman–Crippen LogP) is 4.57. The van der Waals surface area contributed by atoms with Gasteiger partial charge in [-0.1, -0.05) is 38.1 Å². The molecule has 422 valence electrons. The average molecular weight is 1100 g/mol. The van der Waals surface area contributed by atoms with E-state index in [1.807, 2.05) is 79.1 Å². The fourth-order valence-electron chi connectivity index (χ4n) is 10.1. The lowest BCUT2D eigenvalue weighted by molar-refractivity contribution is -0.132. The molecule has 4 aromatic carbocycles. The number of amides is 4. The largest absolute Gasteiger partial charge is 0.508 e. The van der Waals surface area contributed by atoms with Gasteiger partial charge in [-0.2, -0.15) is 0 Å². The number of methoxy groups -OCH3 is 1. The average Bonchev–Trinajstić information content (AvgIpc) is 4.09. The van der Waals surface area contributed by atoms with Crippen LogP contribution in [0.4, 0.5) is 16.4 Å². The molecule has 2 fully saturated rings. The van der Waals surface area contributed by atoms with Crippen LogP contribution >= 0.6 is 0 Å². The second-order valence-electron chi connectivity index (χ2n) is 20.2. The van der Waals surface area contributed by atoms with Crippen LogP contribution in [-0.4, -0.2) is 187 Å². The number of carbonyl (C=O) groups excluding carboxylic acids is 4. The zero-order valence-electron chi connectivity index (χ0n) is 45.7. The lowest BCUT2D eigenvalue weighted by atomic mass is 9.98. The summed E-state index contributed by atoms with van der Waals surface area (Å²) in [5.41, 5.74) is 10.5. The number of guanidine groups is 1. The minimum atomic E-state index is -0.445. The molecule has 24 nitrogen and oxygen atoms in total. The van der Waals surface area contributed by atoms with E-state index >= 15 is 0 Å². The van der Waals surface area contributed by atoms with Crippen molar-refractivity contribution in [1.82, 2.24) is 59.9 Å². The van der Waals surface area contributed by atoms with Crippen LogP contribution in [0.5, 0.6) is 28.7 Å². The Morgan fingerprint density at radius 1 is 0.778 bits per heavy atom. The van der Waals surface area contributed by atoms with Crippen LogP contribution in [0.1, 0.15) is 76.3 Å². The molecule has 0 spiro atoms. The van der Waals surface area contributed by atoms with Crippen LogP contribution in [0, 0.1) is 0 Å². The second-order valence-corrected chi connectivity index (χ2v) is 20.2. The molecule has 0 saturated carbocycles. The Hall–Kier alpha value is -9.16. The third kappa shape index (κ3) is 12.4. The molecule has 81 heavy (non-hydrogen) atoms. The van der Waals surface area contributed by atoms with Crippen molar-refractivity contribution in [3.63, 3.8) is 0 Å². The smallest absolute Gasteiger partial charge is 0.415 e. The maximum Gasteiger partial charge on any atom is 0.415 e. The van der Waals surface area contributed by atoms with Crippen molar-refractivity contribution >= 4 is 47.2 Å². The first kappa shape index (κ1) is 55.2. The third-order valence-corrected chi connectivity index (χ3v) is 14.5. The van der Waals surface area contributed by atoms with E-state index in [0.717, 1.165) is 23.1 Å². The summed E-state index contributed by atoms with van der Waals surface area (Å²) < 4.78 is 19.5. The number of anilines is 1. The number of nitrogen functional groups attached to an aromatic ring is 1. The molecule has 24 heteroatoms. The Kier molecular flexibility index (Phi) is 16.7. The van der Waals surface area contributed by atoms with E-state index in [9.17, 15) is 29.4 Å². The number of hydrogen-bond donors (Lipinski definition) is 5. The first-order chi connectivity index (χ1) is 39.2. The molecular weight excluding hydrogens is 1040 g/mol. The third-order valence-electron chi connectivity index (χ3n) is 14.5. The van der Waals surface area contributed by atoms with Crippen molar-refractivity contribution in [2.75, 3.05) is 98.0 Å². The number of hydrogen-bond acceptors (Lipinski definition) is 19. The van der Waals surface area contributed by atoms with E-state index in [1.54, 1.807) is 34.8 Å². The quantitative estimate of drug-likeness (QED) is 0.0888. The highest BCUT2D eigenvalue weighted by Crippen LogP contribution is 2.43. The van der Waals surface area contributed by atoms with Crippen molar-refractivity contribution in [1.29, 1.82) is 0 Å². The summed E-state index contributed by atoms with van der Waals surface area (Å²) in [7, 11) is 1.55. The van der Waals surface area contributed by atoms with Gasteiger partial charge in [0.15, 0.2) is 17.3 Å². The molecule has 4 aliphatic heterocycles. The Morgan fingerprint density at radius 2 is 1.48 bits per heavy atom. The van der Waals surface area contributed by atoms with Crippen LogP contribution < -0.4 is 30.6 Å². The number of phenolic OH excluding ortho intramolecular Hbond substituents is 2. The molecule has 0 unspecified atom stereocenters. The number of fused-ring (bicyclic) bond motifs is 3.